The molecule has 0 saturated heterocycles. The van der Waals surface area contributed by atoms with Crippen LogP contribution in [0.25, 0.3) is 5.69 Å². The average molecular weight is 233 g/mol. The Morgan fingerprint density at radius 1 is 1.41 bits per heavy atom. The zero-order valence-corrected chi connectivity index (χ0v) is 9.24. The fourth-order valence-electron chi connectivity index (χ4n) is 1.54. The summed E-state index contributed by atoms with van der Waals surface area (Å²) in [6.45, 7) is 0.393. The molecule has 2 rings (SSSR count). The number of hydrogen-bond donors (Lipinski definition) is 0. The highest BCUT2D eigenvalue weighted by molar-refractivity contribution is 5.41. The molecule has 0 atom stereocenters. The number of aromatic nitrogens is 2. The Hall–Kier alpha value is -2.21. The maximum Gasteiger partial charge on any atom is 0.269 e. The first-order chi connectivity index (χ1) is 8.22. The van der Waals surface area contributed by atoms with Crippen molar-refractivity contribution in [2.24, 2.45) is 0 Å². The lowest BCUT2D eigenvalue weighted by Gasteiger charge is -2.06. The number of benzene rings is 1. The molecule has 0 aliphatic rings. The minimum absolute atomic E-state index is 0.0714. The summed E-state index contributed by atoms with van der Waals surface area (Å²) in [5, 5.41) is 10.5. The summed E-state index contributed by atoms with van der Waals surface area (Å²) in [5.74, 6) is 0.751. The molecular weight excluding hydrogens is 222 g/mol. The number of nitrogens with zero attached hydrogens (tertiary/aromatic N) is 3. The molecule has 0 aliphatic carbocycles. The van der Waals surface area contributed by atoms with E-state index in [-0.39, 0.29) is 5.69 Å². The molecule has 0 spiro atoms. The van der Waals surface area contributed by atoms with E-state index in [1.165, 1.54) is 12.1 Å². The Kier molecular flexibility index (Phi) is 3.15. The molecule has 0 saturated carbocycles. The maximum absolute atomic E-state index is 10.5. The smallest absolute Gasteiger partial charge is 0.269 e. The van der Waals surface area contributed by atoms with Crippen LogP contribution in [-0.2, 0) is 11.3 Å². The third-order valence-electron chi connectivity index (χ3n) is 2.33. The second-order valence-corrected chi connectivity index (χ2v) is 3.42. The second kappa shape index (κ2) is 4.75. The molecule has 88 valence electrons. The molecule has 0 bridgehead atoms. The molecule has 0 aliphatic heterocycles. The highest BCUT2D eigenvalue weighted by atomic mass is 16.6. The summed E-state index contributed by atoms with van der Waals surface area (Å²) in [5.41, 5.74) is 0.891. The Morgan fingerprint density at radius 2 is 2.12 bits per heavy atom. The summed E-state index contributed by atoms with van der Waals surface area (Å²) in [6.07, 6.45) is 3.45. The Labute approximate surface area is 97.6 Å². The van der Waals surface area contributed by atoms with Crippen LogP contribution in [0.4, 0.5) is 5.69 Å². The van der Waals surface area contributed by atoms with Crippen LogP contribution >= 0.6 is 0 Å². The Morgan fingerprint density at radius 3 is 2.71 bits per heavy atom. The first kappa shape index (κ1) is 11.3. The Bertz CT molecular complexity index is 519. The fourth-order valence-corrected chi connectivity index (χ4v) is 1.54. The summed E-state index contributed by atoms with van der Waals surface area (Å²) >= 11 is 0. The SMILES string of the molecule is COCc1nccn1-c1ccc([N+](=O)[O-])cc1. The summed E-state index contributed by atoms with van der Waals surface area (Å²) in [6, 6.07) is 6.29. The molecule has 0 amide bonds. The monoisotopic (exact) mass is 233 g/mol. The van der Waals surface area contributed by atoms with Gasteiger partial charge in [-0.15, -0.1) is 0 Å². The topological polar surface area (TPSA) is 70.2 Å². The summed E-state index contributed by atoms with van der Waals surface area (Å²) < 4.78 is 6.85. The normalized spacial score (nSPS) is 10.4. The standard InChI is InChI=1S/C11H11N3O3/c1-17-8-11-12-6-7-13(11)9-2-4-10(5-3-9)14(15)16/h2-7H,8H2,1H3. The van der Waals surface area contributed by atoms with Gasteiger partial charge in [-0.1, -0.05) is 0 Å². The van der Waals surface area contributed by atoms with Gasteiger partial charge in [0.25, 0.3) is 5.69 Å². The van der Waals surface area contributed by atoms with Crippen LogP contribution in [0, 0.1) is 10.1 Å². The van der Waals surface area contributed by atoms with Gasteiger partial charge in [0, 0.05) is 37.3 Å². The van der Waals surface area contributed by atoms with Crippen molar-refractivity contribution in [2.75, 3.05) is 7.11 Å². The van der Waals surface area contributed by atoms with Crippen molar-refractivity contribution in [1.82, 2.24) is 9.55 Å². The molecule has 2 aromatic rings. The van der Waals surface area contributed by atoms with E-state index in [0.29, 0.717) is 6.61 Å². The molecule has 0 fully saturated rings. The first-order valence-electron chi connectivity index (χ1n) is 4.98. The fraction of sp³-hybridized carbons (Fsp3) is 0.182. The lowest BCUT2D eigenvalue weighted by molar-refractivity contribution is -0.384. The van der Waals surface area contributed by atoms with Gasteiger partial charge in [0.2, 0.25) is 0 Å². The van der Waals surface area contributed by atoms with E-state index in [2.05, 4.69) is 4.98 Å². The Balaban J connectivity index is 2.33. The minimum Gasteiger partial charge on any atom is -0.377 e. The predicted octanol–water partition coefficient (Wildman–Crippen LogP) is 1.93. The van der Waals surface area contributed by atoms with Crippen molar-refractivity contribution in [3.8, 4) is 5.69 Å². The first-order valence-corrected chi connectivity index (χ1v) is 4.98. The van der Waals surface area contributed by atoms with Crippen LogP contribution in [0.15, 0.2) is 36.7 Å². The quantitative estimate of drug-likeness (QED) is 0.597. The zero-order valence-electron chi connectivity index (χ0n) is 9.24. The summed E-state index contributed by atoms with van der Waals surface area (Å²) in [4.78, 5) is 14.3. The molecule has 17 heavy (non-hydrogen) atoms. The van der Waals surface area contributed by atoms with Crippen molar-refractivity contribution >= 4 is 5.69 Å². The number of nitro groups is 1. The van der Waals surface area contributed by atoms with Gasteiger partial charge < -0.3 is 9.30 Å². The molecule has 1 heterocycles. The highest BCUT2D eigenvalue weighted by Crippen LogP contribution is 2.16. The van der Waals surface area contributed by atoms with Crippen LogP contribution in [0.5, 0.6) is 0 Å². The minimum atomic E-state index is -0.423. The van der Waals surface area contributed by atoms with Gasteiger partial charge in [0.15, 0.2) is 0 Å². The van der Waals surface area contributed by atoms with Crippen molar-refractivity contribution in [3.63, 3.8) is 0 Å². The number of nitro benzene ring substituents is 1. The van der Waals surface area contributed by atoms with Gasteiger partial charge >= 0.3 is 0 Å². The third kappa shape index (κ3) is 2.31. The van der Waals surface area contributed by atoms with E-state index in [4.69, 9.17) is 4.74 Å². The molecule has 6 heteroatoms. The lowest BCUT2D eigenvalue weighted by Crippen LogP contribution is -2.01. The molecule has 1 aromatic heterocycles. The van der Waals surface area contributed by atoms with Gasteiger partial charge in [-0.05, 0) is 12.1 Å². The van der Waals surface area contributed by atoms with E-state index in [1.807, 2.05) is 4.57 Å². The number of hydrogen-bond acceptors (Lipinski definition) is 4. The van der Waals surface area contributed by atoms with Gasteiger partial charge in [-0.3, -0.25) is 10.1 Å². The predicted molar refractivity (Wildman–Crippen MR) is 60.9 cm³/mol. The van der Waals surface area contributed by atoms with E-state index in [1.54, 1.807) is 31.6 Å². The van der Waals surface area contributed by atoms with Crippen molar-refractivity contribution in [3.05, 3.63) is 52.6 Å². The van der Waals surface area contributed by atoms with Gasteiger partial charge in [0.05, 0.1) is 4.92 Å². The van der Waals surface area contributed by atoms with Gasteiger partial charge in [-0.2, -0.15) is 0 Å². The van der Waals surface area contributed by atoms with Gasteiger partial charge in [-0.25, -0.2) is 4.98 Å². The highest BCUT2D eigenvalue weighted by Gasteiger charge is 2.07. The number of imidazole rings is 1. The average Bonchev–Trinajstić information content (AvgIpc) is 2.78. The van der Waals surface area contributed by atoms with E-state index in [0.717, 1.165) is 11.5 Å². The van der Waals surface area contributed by atoms with E-state index < -0.39 is 4.92 Å². The van der Waals surface area contributed by atoms with Crippen LogP contribution in [-0.4, -0.2) is 21.6 Å². The van der Waals surface area contributed by atoms with E-state index >= 15 is 0 Å². The van der Waals surface area contributed by atoms with Crippen LogP contribution in [0.1, 0.15) is 5.82 Å². The van der Waals surface area contributed by atoms with Crippen LogP contribution in [0.3, 0.4) is 0 Å². The number of ether oxygens (including phenoxy) is 1. The van der Waals surface area contributed by atoms with Crippen molar-refractivity contribution < 1.29 is 9.66 Å². The van der Waals surface area contributed by atoms with Crippen molar-refractivity contribution in [2.45, 2.75) is 6.61 Å². The molecule has 0 radical (unpaired) electrons. The van der Waals surface area contributed by atoms with Gasteiger partial charge in [0.1, 0.15) is 12.4 Å². The second-order valence-electron chi connectivity index (χ2n) is 3.42. The lowest BCUT2D eigenvalue weighted by atomic mass is 10.3. The largest absolute Gasteiger partial charge is 0.377 e. The number of rotatable bonds is 4. The molecule has 0 N–H and O–H groups in total. The molecule has 0 unspecified atom stereocenters. The van der Waals surface area contributed by atoms with Crippen LogP contribution in [0.2, 0.25) is 0 Å². The maximum atomic E-state index is 10.5. The van der Waals surface area contributed by atoms with Crippen LogP contribution < -0.4 is 0 Å². The zero-order chi connectivity index (χ0) is 12.3. The number of methoxy groups -OCH3 is 1. The summed E-state index contributed by atoms with van der Waals surface area (Å²) in [7, 11) is 1.59. The van der Waals surface area contributed by atoms with E-state index in [9.17, 15) is 10.1 Å². The number of non-ortho nitro benzene ring substituents is 1. The molecule has 1 aromatic carbocycles. The third-order valence-corrected chi connectivity index (χ3v) is 2.33. The molecule has 6 nitrogen and oxygen atoms in total. The molecular formula is C11H11N3O3. The van der Waals surface area contributed by atoms with Crippen molar-refractivity contribution in [1.29, 1.82) is 0 Å².